The number of ether oxygens (including phenoxy) is 2. The fourth-order valence-corrected chi connectivity index (χ4v) is 3.45. The number of anilines is 1. The van der Waals surface area contributed by atoms with Crippen LogP contribution in [0.5, 0.6) is 11.5 Å². The first-order valence-electron chi connectivity index (χ1n) is 9.64. The molecule has 0 spiro atoms. The molecule has 1 N–H and O–H groups in total. The SMILES string of the molecule is CC.CC(Nc1ccc(-c2cc3c(cc2Cl)OC(F)(F)O3)cc1)c1c(F)cccc1F. The van der Waals surface area contributed by atoms with E-state index in [0.717, 1.165) is 0 Å². The molecule has 3 aromatic carbocycles. The molecule has 8 heteroatoms. The smallest absolute Gasteiger partial charge is 0.395 e. The third-order valence-electron chi connectivity index (χ3n) is 4.50. The van der Waals surface area contributed by atoms with E-state index in [1.165, 1.54) is 30.3 Å². The van der Waals surface area contributed by atoms with E-state index in [1.54, 1.807) is 31.2 Å². The molecule has 164 valence electrons. The van der Waals surface area contributed by atoms with Gasteiger partial charge in [0.1, 0.15) is 11.6 Å². The van der Waals surface area contributed by atoms with Gasteiger partial charge in [0, 0.05) is 22.9 Å². The Labute approximate surface area is 182 Å². The predicted octanol–water partition coefficient (Wildman–Crippen LogP) is 7.81. The summed E-state index contributed by atoms with van der Waals surface area (Å²) in [5.74, 6) is -1.51. The van der Waals surface area contributed by atoms with Crippen LogP contribution in [0.1, 0.15) is 32.4 Å². The van der Waals surface area contributed by atoms with Gasteiger partial charge < -0.3 is 14.8 Å². The van der Waals surface area contributed by atoms with Crippen LogP contribution in [-0.4, -0.2) is 6.29 Å². The van der Waals surface area contributed by atoms with Crippen molar-refractivity contribution >= 4 is 17.3 Å². The number of nitrogens with one attached hydrogen (secondary N) is 1. The van der Waals surface area contributed by atoms with E-state index in [0.29, 0.717) is 16.8 Å². The van der Waals surface area contributed by atoms with Crippen molar-refractivity contribution in [1.82, 2.24) is 0 Å². The maximum absolute atomic E-state index is 13.9. The van der Waals surface area contributed by atoms with E-state index >= 15 is 0 Å². The molecular weight excluding hydrogens is 434 g/mol. The van der Waals surface area contributed by atoms with Crippen LogP contribution >= 0.6 is 11.6 Å². The van der Waals surface area contributed by atoms with Gasteiger partial charge in [-0.05, 0) is 42.8 Å². The van der Waals surface area contributed by atoms with E-state index in [-0.39, 0.29) is 22.1 Å². The molecule has 0 saturated carbocycles. The molecule has 0 aromatic heterocycles. The van der Waals surface area contributed by atoms with Gasteiger partial charge in [-0.3, -0.25) is 0 Å². The molecule has 3 nitrogen and oxygen atoms in total. The highest BCUT2D eigenvalue weighted by Crippen LogP contribution is 2.46. The zero-order chi connectivity index (χ0) is 22.8. The first-order valence-corrected chi connectivity index (χ1v) is 10.0. The summed E-state index contributed by atoms with van der Waals surface area (Å²) in [6, 6.07) is 12.5. The molecular formula is C23H20ClF4NO2. The molecule has 1 heterocycles. The number of hydrogen-bond donors (Lipinski definition) is 1. The number of benzene rings is 3. The number of fused-ring (bicyclic) bond motifs is 1. The Morgan fingerprint density at radius 2 is 1.45 bits per heavy atom. The molecule has 31 heavy (non-hydrogen) atoms. The number of rotatable bonds is 4. The largest absolute Gasteiger partial charge is 0.586 e. The fourth-order valence-electron chi connectivity index (χ4n) is 3.19. The monoisotopic (exact) mass is 453 g/mol. The molecule has 0 bridgehead atoms. The normalized spacial score (nSPS) is 14.5. The van der Waals surface area contributed by atoms with Gasteiger partial charge in [-0.25, -0.2) is 8.78 Å². The molecule has 3 aromatic rings. The van der Waals surface area contributed by atoms with E-state index in [1.807, 2.05) is 13.8 Å². The second kappa shape index (κ2) is 9.06. The Kier molecular flexibility index (Phi) is 6.65. The van der Waals surface area contributed by atoms with Gasteiger partial charge in [0.25, 0.3) is 0 Å². The molecule has 1 unspecified atom stereocenters. The zero-order valence-corrected chi connectivity index (χ0v) is 17.7. The quantitative estimate of drug-likeness (QED) is 0.409. The summed E-state index contributed by atoms with van der Waals surface area (Å²) in [5, 5.41) is 3.24. The maximum Gasteiger partial charge on any atom is 0.586 e. The summed E-state index contributed by atoms with van der Waals surface area (Å²) >= 11 is 6.20. The summed E-state index contributed by atoms with van der Waals surface area (Å²) in [6.45, 7) is 5.64. The van der Waals surface area contributed by atoms with E-state index in [4.69, 9.17) is 11.6 Å². The lowest BCUT2D eigenvalue weighted by molar-refractivity contribution is -0.286. The third kappa shape index (κ3) is 4.88. The number of alkyl halides is 2. The molecule has 0 aliphatic carbocycles. The molecule has 1 aliphatic heterocycles. The van der Waals surface area contributed by atoms with Crippen molar-refractivity contribution in [3.63, 3.8) is 0 Å². The van der Waals surface area contributed by atoms with Crippen molar-refractivity contribution in [3.05, 3.63) is 76.8 Å². The number of halogens is 5. The lowest BCUT2D eigenvalue weighted by Gasteiger charge is -2.17. The first kappa shape index (κ1) is 22.7. The Hall–Kier alpha value is -2.93. The molecule has 0 saturated heterocycles. The van der Waals surface area contributed by atoms with Crippen LogP contribution in [0.2, 0.25) is 5.02 Å². The summed E-state index contributed by atoms with van der Waals surface area (Å²) in [6.07, 6.45) is -3.73. The molecule has 0 amide bonds. The van der Waals surface area contributed by atoms with Gasteiger partial charge in [-0.1, -0.05) is 43.6 Å². The molecule has 0 fully saturated rings. The van der Waals surface area contributed by atoms with E-state index in [2.05, 4.69) is 14.8 Å². The van der Waals surface area contributed by atoms with E-state index < -0.39 is 24.0 Å². The van der Waals surface area contributed by atoms with Gasteiger partial charge in [0.05, 0.1) is 11.1 Å². The van der Waals surface area contributed by atoms with Crippen LogP contribution in [0.25, 0.3) is 11.1 Å². The van der Waals surface area contributed by atoms with Crippen LogP contribution in [0.4, 0.5) is 23.2 Å². The van der Waals surface area contributed by atoms with Crippen molar-refractivity contribution in [2.75, 3.05) is 5.32 Å². The summed E-state index contributed by atoms with van der Waals surface area (Å²) in [5.41, 5.74) is 1.68. The summed E-state index contributed by atoms with van der Waals surface area (Å²) < 4.78 is 63.1. The second-order valence-corrected chi connectivity index (χ2v) is 6.93. The lowest BCUT2D eigenvalue weighted by atomic mass is 10.0. The Morgan fingerprint density at radius 3 is 2.03 bits per heavy atom. The second-order valence-electron chi connectivity index (χ2n) is 6.52. The Bertz CT molecular complexity index is 1050. The summed E-state index contributed by atoms with van der Waals surface area (Å²) in [7, 11) is 0. The molecule has 1 atom stereocenters. The highest BCUT2D eigenvalue weighted by molar-refractivity contribution is 6.33. The molecule has 1 aliphatic rings. The third-order valence-corrected chi connectivity index (χ3v) is 4.82. The van der Waals surface area contributed by atoms with Crippen LogP contribution in [0.3, 0.4) is 0 Å². The topological polar surface area (TPSA) is 30.5 Å². The van der Waals surface area contributed by atoms with E-state index in [9.17, 15) is 17.6 Å². The highest BCUT2D eigenvalue weighted by atomic mass is 35.5. The minimum Gasteiger partial charge on any atom is -0.395 e. The van der Waals surface area contributed by atoms with Gasteiger partial charge in [-0.15, -0.1) is 8.78 Å². The van der Waals surface area contributed by atoms with Crippen molar-refractivity contribution < 1.29 is 27.0 Å². The van der Waals surface area contributed by atoms with Crippen LogP contribution in [0.15, 0.2) is 54.6 Å². The Morgan fingerprint density at radius 1 is 0.903 bits per heavy atom. The predicted molar refractivity (Wildman–Crippen MR) is 113 cm³/mol. The zero-order valence-electron chi connectivity index (χ0n) is 17.0. The standard InChI is InChI=1S/C21H14ClF4NO2.C2H6/c1-11(20-16(23)3-2-4-17(20)24)27-13-7-5-12(6-8-13)14-9-18-19(10-15(14)22)29-21(25,26)28-18;1-2/h2-11,27H,1H3;1-2H3. The van der Waals surface area contributed by atoms with Crippen molar-refractivity contribution in [1.29, 1.82) is 0 Å². The highest BCUT2D eigenvalue weighted by Gasteiger charge is 2.43. The minimum absolute atomic E-state index is 0.0590. The van der Waals surface area contributed by atoms with Gasteiger partial charge >= 0.3 is 6.29 Å². The first-order chi connectivity index (χ1) is 14.7. The molecule has 4 rings (SSSR count). The van der Waals surface area contributed by atoms with Crippen LogP contribution in [0, 0.1) is 11.6 Å². The van der Waals surface area contributed by atoms with Gasteiger partial charge in [-0.2, -0.15) is 0 Å². The minimum atomic E-state index is -3.73. The Balaban J connectivity index is 0.00000132. The average Bonchev–Trinajstić information content (AvgIpc) is 3.02. The van der Waals surface area contributed by atoms with Gasteiger partial charge in [0.2, 0.25) is 0 Å². The molecule has 0 radical (unpaired) electrons. The van der Waals surface area contributed by atoms with Crippen molar-refractivity contribution in [2.45, 2.75) is 33.1 Å². The summed E-state index contributed by atoms with van der Waals surface area (Å²) in [4.78, 5) is 0. The lowest BCUT2D eigenvalue weighted by Crippen LogP contribution is -2.25. The van der Waals surface area contributed by atoms with Crippen LogP contribution < -0.4 is 14.8 Å². The van der Waals surface area contributed by atoms with Crippen LogP contribution in [-0.2, 0) is 0 Å². The maximum atomic E-state index is 13.9. The van der Waals surface area contributed by atoms with Gasteiger partial charge in [0.15, 0.2) is 11.5 Å². The van der Waals surface area contributed by atoms with Crippen molar-refractivity contribution in [3.8, 4) is 22.6 Å². The number of hydrogen-bond acceptors (Lipinski definition) is 3. The van der Waals surface area contributed by atoms with Crippen molar-refractivity contribution in [2.24, 2.45) is 0 Å². The fraction of sp³-hybridized carbons (Fsp3) is 0.217. The average molecular weight is 454 g/mol.